The van der Waals surface area contributed by atoms with Gasteiger partial charge in [0.25, 0.3) is 0 Å². The Morgan fingerprint density at radius 2 is 2.50 bits per heavy atom. The highest BCUT2D eigenvalue weighted by Crippen LogP contribution is 2.17. The Morgan fingerprint density at radius 3 is 3.12 bits per heavy atom. The molecule has 0 aliphatic carbocycles. The topological polar surface area (TPSA) is 24.9 Å². The average Bonchev–Trinajstić information content (AvgIpc) is 2.73. The van der Waals surface area contributed by atoms with Crippen molar-refractivity contribution in [2.75, 3.05) is 6.54 Å². The van der Waals surface area contributed by atoms with Crippen LogP contribution in [-0.2, 0) is 0 Å². The molecule has 2 rings (SSSR count). The van der Waals surface area contributed by atoms with E-state index in [9.17, 15) is 0 Å². The lowest BCUT2D eigenvalue weighted by Gasteiger charge is -2.23. The first kappa shape index (κ1) is 11.6. The highest BCUT2D eigenvalue weighted by Gasteiger charge is 2.13. The maximum absolute atomic E-state index is 4.30. The van der Waals surface area contributed by atoms with Crippen molar-refractivity contribution in [3.8, 4) is 0 Å². The van der Waals surface area contributed by atoms with Gasteiger partial charge in [-0.05, 0) is 38.0 Å². The maximum Gasteiger partial charge on any atom is 0.0801 e. The number of hydrogen-bond donors (Lipinski definition) is 1. The first-order valence-electron chi connectivity index (χ1n) is 5.78. The molecule has 1 aromatic rings. The minimum Gasteiger partial charge on any atom is -0.310 e. The molecule has 3 heteroatoms. The normalized spacial score (nSPS) is 21.4. The van der Waals surface area contributed by atoms with Crippen molar-refractivity contribution < 1.29 is 0 Å². The number of nitrogens with zero attached hydrogens (tertiary/aromatic N) is 1. The molecule has 0 amide bonds. The third kappa shape index (κ3) is 2.80. The summed E-state index contributed by atoms with van der Waals surface area (Å²) < 4.78 is 0. The second kappa shape index (κ2) is 5.41. The molecule has 1 fully saturated rings. The van der Waals surface area contributed by atoms with Gasteiger partial charge < -0.3 is 5.32 Å². The molecular formula is C13H18N2S. The summed E-state index contributed by atoms with van der Waals surface area (Å²) in [5.74, 6) is 0. The minimum atomic E-state index is 0.462. The Kier molecular flexibility index (Phi) is 3.91. The monoisotopic (exact) mass is 234 g/mol. The van der Waals surface area contributed by atoms with Gasteiger partial charge in [0.05, 0.1) is 11.2 Å². The summed E-state index contributed by atoms with van der Waals surface area (Å²) in [5, 5.41) is 3.49. The van der Waals surface area contributed by atoms with Gasteiger partial charge in [0.15, 0.2) is 0 Å². The third-order valence-electron chi connectivity index (χ3n) is 3.00. The highest BCUT2D eigenvalue weighted by atomic mass is 32.1. The summed E-state index contributed by atoms with van der Waals surface area (Å²) in [7, 11) is 0. The number of hydrogen-bond acceptors (Lipinski definition) is 3. The Bertz CT molecular complexity index is 386. The SMILES string of the molecule is C=C(/C=C\c1ncsc1C)[C@@H]1CCCCN1. The fourth-order valence-corrected chi connectivity index (χ4v) is 2.51. The Labute approximate surface area is 101 Å². The molecule has 16 heavy (non-hydrogen) atoms. The van der Waals surface area contributed by atoms with Crippen LogP contribution < -0.4 is 5.32 Å². The second-order valence-corrected chi connectivity index (χ2v) is 5.26. The Morgan fingerprint density at radius 1 is 1.62 bits per heavy atom. The van der Waals surface area contributed by atoms with Gasteiger partial charge in [-0.2, -0.15) is 0 Å². The third-order valence-corrected chi connectivity index (χ3v) is 3.77. The van der Waals surface area contributed by atoms with E-state index in [0.29, 0.717) is 6.04 Å². The maximum atomic E-state index is 4.30. The van der Waals surface area contributed by atoms with Crippen LogP contribution in [0.15, 0.2) is 23.7 Å². The van der Waals surface area contributed by atoms with E-state index in [4.69, 9.17) is 0 Å². The van der Waals surface area contributed by atoms with Crippen LogP contribution in [0.25, 0.3) is 6.08 Å². The lowest BCUT2D eigenvalue weighted by Crippen LogP contribution is -2.34. The molecule has 0 spiro atoms. The second-order valence-electron chi connectivity index (χ2n) is 4.20. The first-order valence-corrected chi connectivity index (χ1v) is 6.65. The fourth-order valence-electron chi connectivity index (χ4n) is 1.94. The number of nitrogens with one attached hydrogen (secondary N) is 1. The van der Waals surface area contributed by atoms with Gasteiger partial charge in [0, 0.05) is 10.9 Å². The van der Waals surface area contributed by atoms with Crippen LogP contribution >= 0.6 is 11.3 Å². The molecule has 1 aliphatic heterocycles. The smallest absolute Gasteiger partial charge is 0.0801 e. The molecule has 1 aliphatic rings. The molecule has 0 unspecified atom stereocenters. The fraction of sp³-hybridized carbons (Fsp3) is 0.462. The number of rotatable bonds is 3. The van der Waals surface area contributed by atoms with Crippen LogP contribution in [0.1, 0.15) is 29.8 Å². The minimum absolute atomic E-state index is 0.462. The summed E-state index contributed by atoms with van der Waals surface area (Å²) in [6, 6.07) is 0.462. The molecule has 1 atom stereocenters. The quantitative estimate of drug-likeness (QED) is 0.813. The van der Waals surface area contributed by atoms with E-state index in [1.807, 2.05) is 5.51 Å². The van der Waals surface area contributed by atoms with E-state index in [1.54, 1.807) is 11.3 Å². The molecular weight excluding hydrogens is 216 g/mol. The zero-order chi connectivity index (χ0) is 11.4. The standard InChI is InChI=1S/C13H18N2S/c1-10(12-5-3-4-8-14-12)6-7-13-11(2)16-9-15-13/h6-7,9,12,14H,1,3-5,8H2,2H3/b7-6-/t12-/m0/s1. The summed E-state index contributed by atoms with van der Waals surface area (Å²) in [6.07, 6.45) is 7.98. The summed E-state index contributed by atoms with van der Waals surface area (Å²) >= 11 is 1.68. The van der Waals surface area contributed by atoms with Crippen LogP contribution in [0.2, 0.25) is 0 Å². The van der Waals surface area contributed by atoms with Gasteiger partial charge >= 0.3 is 0 Å². The van der Waals surface area contributed by atoms with Crippen LogP contribution in [0, 0.1) is 6.92 Å². The van der Waals surface area contributed by atoms with Gasteiger partial charge in [-0.1, -0.05) is 19.1 Å². The van der Waals surface area contributed by atoms with E-state index in [1.165, 1.54) is 29.7 Å². The predicted octanol–water partition coefficient (Wildman–Crippen LogP) is 3.16. The van der Waals surface area contributed by atoms with E-state index in [-0.39, 0.29) is 0 Å². The van der Waals surface area contributed by atoms with Crippen molar-refractivity contribution >= 4 is 17.4 Å². The van der Waals surface area contributed by atoms with Crippen LogP contribution in [0.4, 0.5) is 0 Å². The van der Waals surface area contributed by atoms with Gasteiger partial charge in [-0.25, -0.2) is 4.98 Å². The molecule has 1 aromatic heterocycles. The Hall–Kier alpha value is -0.930. The van der Waals surface area contributed by atoms with Crippen molar-refractivity contribution in [2.24, 2.45) is 0 Å². The lowest BCUT2D eigenvalue weighted by atomic mass is 9.98. The van der Waals surface area contributed by atoms with Crippen molar-refractivity contribution in [2.45, 2.75) is 32.2 Å². The van der Waals surface area contributed by atoms with Gasteiger partial charge in [-0.15, -0.1) is 11.3 Å². The van der Waals surface area contributed by atoms with Crippen molar-refractivity contribution in [1.82, 2.24) is 10.3 Å². The predicted molar refractivity (Wildman–Crippen MR) is 70.7 cm³/mol. The largest absolute Gasteiger partial charge is 0.310 e. The molecule has 1 saturated heterocycles. The van der Waals surface area contributed by atoms with Crippen molar-refractivity contribution in [3.05, 3.63) is 34.3 Å². The molecule has 0 aromatic carbocycles. The summed E-state index contributed by atoms with van der Waals surface area (Å²) in [6.45, 7) is 7.35. The number of piperidine rings is 1. The zero-order valence-electron chi connectivity index (χ0n) is 9.70. The van der Waals surface area contributed by atoms with Crippen LogP contribution in [0.5, 0.6) is 0 Å². The lowest BCUT2D eigenvalue weighted by molar-refractivity contribution is 0.445. The van der Waals surface area contributed by atoms with Crippen molar-refractivity contribution in [1.29, 1.82) is 0 Å². The van der Waals surface area contributed by atoms with E-state index in [0.717, 1.165) is 12.2 Å². The van der Waals surface area contributed by atoms with E-state index >= 15 is 0 Å². The van der Waals surface area contributed by atoms with E-state index < -0.39 is 0 Å². The Balaban J connectivity index is 1.96. The van der Waals surface area contributed by atoms with Gasteiger partial charge in [0.2, 0.25) is 0 Å². The molecule has 2 heterocycles. The molecule has 1 N–H and O–H groups in total. The molecule has 2 nitrogen and oxygen atoms in total. The van der Waals surface area contributed by atoms with Crippen LogP contribution in [0.3, 0.4) is 0 Å². The molecule has 0 bridgehead atoms. The summed E-state index contributed by atoms with van der Waals surface area (Å²) in [5.41, 5.74) is 4.13. The summed E-state index contributed by atoms with van der Waals surface area (Å²) in [4.78, 5) is 5.57. The van der Waals surface area contributed by atoms with Gasteiger partial charge in [0.1, 0.15) is 0 Å². The van der Waals surface area contributed by atoms with E-state index in [2.05, 4.69) is 36.0 Å². The number of aromatic nitrogens is 1. The molecule has 86 valence electrons. The number of aryl methyl sites for hydroxylation is 1. The zero-order valence-corrected chi connectivity index (χ0v) is 10.5. The van der Waals surface area contributed by atoms with Crippen LogP contribution in [-0.4, -0.2) is 17.6 Å². The molecule has 0 saturated carbocycles. The van der Waals surface area contributed by atoms with Gasteiger partial charge in [-0.3, -0.25) is 0 Å². The highest BCUT2D eigenvalue weighted by molar-refractivity contribution is 7.09. The number of thiazole rings is 1. The first-order chi connectivity index (χ1) is 7.77. The molecule has 0 radical (unpaired) electrons. The average molecular weight is 234 g/mol. The van der Waals surface area contributed by atoms with Crippen molar-refractivity contribution in [3.63, 3.8) is 0 Å².